The number of amides is 1. The second-order valence-electron chi connectivity index (χ2n) is 6.40. The van der Waals surface area contributed by atoms with E-state index in [1.54, 1.807) is 18.2 Å². The molecule has 0 aliphatic heterocycles. The average molecular weight is 394 g/mol. The fourth-order valence-electron chi connectivity index (χ4n) is 2.95. The molecule has 3 rings (SSSR count). The SMILES string of the molecule is CCOc1ccc(NC(C(=O)Nc2ccc(F)cc2)c2ccccc2)cc1CO. The van der Waals surface area contributed by atoms with E-state index < -0.39 is 6.04 Å². The van der Waals surface area contributed by atoms with Gasteiger partial charge in [0.1, 0.15) is 17.6 Å². The second kappa shape index (κ2) is 9.71. The number of aliphatic hydroxyl groups excluding tert-OH is 1. The van der Waals surface area contributed by atoms with Crippen molar-refractivity contribution in [2.45, 2.75) is 19.6 Å². The summed E-state index contributed by atoms with van der Waals surface area (Å²) >= 11 is 0. The third-order valence-corrected chi connectivity index (χ3v) is 4.35. The second-order valence-corrected chi connectivity index (χ2v) is 6.40. The van der Waals surface area contributed by atoms with Gasteiger partial charge < -0.3 is 20.5 Å². The van der Waals surface area contributed by atoms with Gasteiger partial charge in [0.05, 0.1) is 13.2 Å². The van der Waals surface area contributed by atoms with Crippen molar-refractivity contribution in [3.8, 4) is 5.75 Å². The molecule has 6 heteroatoms. The zero-order valence-corrected chi connectivity index (χ0v) is 16.1. The highest BCUT2D eigenvalue weighted by molar-refractivity contribution is 5.97. The van der Waals surface area contributed by atoms with Crippen LogP contribution >= 0.6 is 0 Å². The zero-order valence-electron chi connectivity index (χ0n) is 16.1. The summed E-state index contributed by atoms with van der Waals surface area (Å²) < 4.78 is 18.6. The molecule has 0 aliphatic carbocycles. The predicted molar refractivity (Wildman–Crippen MR) is 111 cm³/mol. The minimum absolute atomic E-state index is 0.178. The first-order valence-electron chi connectivity index (χ1n) is 9.35. The van der Waals surface area contributed by atoms with Gasteiger partial charge in [0.2, 0.25) is 0 Å². The van der Waals surface area contributed by atoms with Crippen LogP contribution in [0.3, 0.4) is 0 Å². The van der Waals surface area contributed by atoms with E-state index in [-0.39, 0.29) is 18.3 Å². The molecule has 29 heavy (non-hydrogen) atoms. The van der Waals surface area contributed by atoms with Gasteiger partial charge in [0.25, 0.3) is 5.91 Å². The largest absolute Gasteiger partial charge is 0.494 e. The van der Waals surface area contributed by atoms with Crippen LogP contribution in [-0.4, -0.2) is 17.6 Å². The maximum Gasteiger partial charge on any atom is 0.251 e. The number of benzene rings is 3. The minimum atomic E-state index is -0.689. The monoisotopic (exact) mass is 394 g/mol. The van der Waals surface area contributed by atoms with Crippen LogP contribution in [0.25, 0.3) is 0 Å². The molecule has 1 atom stereocenters. The first-order chi connectivity index (χ1) is 14.1. The van der Waals surface area contributed by atoms with Crippen molar-refractivity contribution < 1.29 is 19.0 Å². The first kappa shape index (κ1) is 20.4. The summed E-state index contributed by atoms with van der Waals surface area (Å²) in [6, 6.07) is 19.5. The molecule has 0 aromatic heterocycles. The van der Waals surface area contributed by atoms with E-state index in [9.17, 15) is 14.3 Å². The smallest absolute Gasteiger partial charge is 0.251 e. The summed E-state index contributed by atoms with van der Waals surface area (Å²) in [5.41, 5.74) is 2.57. The predicted octanol–water partition coefficient (Wildman–Crippen LogP) is 4.51. The van der Waals surface area contributed by atoms with Gasteiger partial charge in [-0.3, -0.25) is 4.79 Å². The Balaban J connectivity index is 1.86. The number of carbonyl (C=O) groups is 1. The van der Waals surface area contributed by atoms with Gasteiger partial charge in [-0.25, -0.2) is 4.39 Å². The molecular weight excluding hydrogens is 371 g/mol. The van der Waals surface area contributed by atoms with Crippen LogP contribution in [0.1, 0.15) is 24.1 Å². The van der Waals surface area contributed by atoms with E-state index in [1.807, 2.05) is 37.3 Å². The van der Waals surface area contributed by atoms with Gasteiger partial charge in [-0.2, -0.15) is 0 Å². The zero-order chi connectivity index (χ0) is 20.6. The molecule has 3 aromatic rings. The van der Waals surface area contributed by atoms with Gasteiger partial charge in [-0.05, 0) is 55.0 Å². The van der Waals surface area contributed by atoms with E-state index in [0.29, 0.717) is 29.3 Å². The number of nitrogens with one attached hydrogen (secondary N) is 2. The number of anilines is 2. The fourth-order valence-corrected chi connectivity index (χ4v) is 2.95. The molecular formula is C23H23FN2O3. The van der Waals surface area contributed by atoms with Crippen LogP contribution in [0.4, 0.5) is 15.8 Å². The molecule has 0 aliphatic rings. The molecule has 3 aromatic carbocycles. The van der Waals surface area contributed by atoms with Gasteiger partial charge in [-0.1, -0.05) is 30.3 Å². The van der Waals surface area contributed by atoms with Crippen LogP contribution in [0.15, 0.2) is 72.8 Å². The van der Waals surface area contributed by atoms with Crippen LogP contribution in [0.2, 0.25) is 0 Å². The topological polar surface area (TPSA) is 70.6 Å². The third-order valence-electron chi connectivity index (χ3n) is 4.35. The first-order valence-corrected chi connectivity index (χ1v) is 9.35. The number of halogens is 1. The lowest BCUT2D eigenvalue weighted by Gasteiger charge is -2.21. The van der Waals surface area contributed by atoms with Gasteiger partial charge in [0, 0.05) is 16.9 Å². The quantitative estimate of drug-likeness (QED) is 0.526. The summed E-state index contributed by atoms with van der Waals surface area (Å²) in [6.45, 7) is 2.19. The number of hydrogen-bond donors (Lipinski definition) is 3. The average Bonchev–Trinajstić information content (AvgIpc) is 2.75. The van der Waals surface area contributed by atoms with Crippen molar-refractivity contribution in [2.24, 2.45) is 0 Å². The van der Waals surface area contributed by atoms with E-state index in [4.69, 9.17) is 4.74 Å². The lowest BCUT2D eigenvalue weighted by atomic mass is 10.0. The maximum atomic E-state index is 13.1. The number of hydrogen-bond acceptors (Lipinski definition) is 4. The lowest BCUT2D eigenvalue weighted by molar-refractivity contribution is -0.117. The van der Waals surface area contributed by atoms with E-state index in [1.165, 1.54) is 24.3 Å². The van der Waals surface area contributed by atoms with Crippen molar-refractivity contribution in [1.29, 1.82) is 0 Å². The lowest BCUT2D eigenvalue weighted by Crippen LogP contribution is -2.27. The summed E-state index contributed by atoms with van der Waals surface area (Å²) in [5.74, 6) is -0.0542. The van der Waals surface area contributed by atoms with Crippen LogP contribution in [0.5, 0.6) is 5.75 Å². The molecule has 0 heterocycles. The molecule has 1 amide bonds. The third kappa shape index (κ3) is 5.33. The van der Waals surface area contributed by atoms with E-state index in [0.717, 1.165) is 5.56 Å². The molecule has 5 nitrogen and oxygen atoms in total. The number of ether oxygens (including phenoxy) is 1. The van der Waals surface area contributed by atoms with Gasteiger partial charge >= 0.3 is 0 Å². The fraction of sp³-hybridized carbons (Fsp3) is 0.174. The van der Waals surface area contributed by atoms with Crippen molar-refractivity contribution in [3.05, 3.63) is 89.7 Å². The Labute approximate surface area is 169 Å². The number of aliphatic hydroxyl groups is 1. The van der Waals surface area contributed by atoms with Crippen LogP contribution in [-0.2, 0) is 11.4 Å². The molecule has 150 valence electrons. The summed E-state index contributed by atoms with van der Waals surface area (Å²) in [5, 5.41) is 15.7. The maximum absolute atomic E-state index is 13.1. The van der Waals surface area contributed by atoms with Crippen molar-refractivity contribution in [2.75, 3.05) is 17.2 Å². The molecule has 0 saturated carbocycles. The highest BCUT2D eigenvalue weighted by atomic mass is 19.1. The highest BCUT2D eigenvalue weighted by Crippen LogP contribution is 2.27. The molecule has 1 unspecified atom stereocenters. The summed E-state index contributed by atoms with van der Waals surface area (Å²) in [7, 11) is 0. The van der Waals surface area contributed by atoms with Crippen LogP contribution < -0.4 is 15.4 Å². The van der Waals surface area contributed by atoms with Crippen LogP contribution in [0, 0.1) is 5.82 Å². The number of carbonyl (C=O) groups excluding carboxylic acids is 1. The molecule has 0 radical (unpaired) electrons. The standard InChI is InChI=1S/C23H23FN2O3/c1-2-29-21-13-12-20(14-17(21)15-27)25-22(16-6-4-3-5-7-16)23(28)26-19-10-8-18(24)9-11-19/h3-14,22,25,27H,2,15H2,1H3,(H,26,28). The minimum Gasteiger partial charge on any atom is -0.494 e. The Kier molecular flexibility index (Phi) is 6.81. The van der Waals surface area contributed by atoms with Crippen molar-refractivity contribution in [3.63, 3.8) is 0 Å². The Bertz CT molecular complexity index is 946. The van der Waals surface area contributed by atoms with Gasteiger partial charge in [-0.15, -0.1) is 0 Å². The van der Waals surface area contributed by atoms with E-state index >= 15 is 0 Å². The summed E-state index contributed by atoms with van der Waals surface area (Å²) in [6.07, 6.45) is 0. The Morgan fingerprint density at radius 2 is 1.72 bits per heavy atom. The Morgan fingerprint density at radius 3 is 2.38 bits per heavy atom. The summed E-state index contributed by atoms with van der Waals surface area (Å²) in [4.78, 5) is 13.0. The molecule has 0 spiro atoms. The molecule has 0 bridgehead atoms. The molecule has 0 fully saturated rings. The van der Waals surface area contributed by atoms with E-state index in [2.05, 4.69) is 10.6 Å². The van der Waals surface area contributed by atoms with Crippen molar-refractivity contribution in [1.82, 2.24) is 0 Å². The Hall–Kier alpha value is -3.38. The highest BCUT2D eigenvalue weighted by Gasteiger charge is 2.21. The normalized spacial score (nSPS) is 11.6. The van der Waals surface area contributed by atoms with Crippen molar-refractivity contribution >= 4 is 17.3 Å². The molecule has 3 N–H and O–H groups in total. The molecule has 0 saturated heterocycles. The van der Waals surface area contributed by atoms with Gasteiger partial charge in [0.15, 0.2) is 0 Å². The number of rotatable bonds is 8. The Morgan fingerprint density at radius 1 is 1.03 bits per heavy atom.